The summed E-state index contributed by atoms with van der Waals surface area (Å²) in [4.78, 5) is 13.1. The first-order chi connectivity index (χ1) is 6.76. The summed E-state index contributed by atoms with van der Waals surface area (Å²) in [6, 6.07) is 1.86. The van der Waals surface area contributed by atoms with E-state index in [1.54, 1.807) is 11.3 Å². The Hall–Kier alpha value is -0.870. The second-order valence-corrected chi connectivity index (χ2v) is 5.76. The quantitative estimate of drug-likeness (QED) is 0.835. The summed E-state index contributed by atoms with van der Waals surface area (Å²) in [5, 5.41) is 19.1. The maximum Gasteiger partial charge on any atom is 0.312 e. The number of aliphatic carboxylic acids is 1. The first-order valence-electron chi connectivity index (χ1n) is 4.75. The lowest BCUT2D eigenvalue weighted by Gasteiger charge is -2.25. The number of hydrogen-bond donors (Lipinski definition) is 2. The van der Waals surface area contributed by atoms with E-state index < -0.39 is 17.5 Å². The van der Waals surface area contributed by atoms with Gasteiger partial charge in [-0.3, -0.25) is 4.79 Å². The summed E-state index contributed by atoms with van der Waals surface area (Å²) in [7, 11) is 0. The Morgan fingerprint density at radius 3 is 2.33 bits per heavy atom. The number of hydrogen-bond acceptors (Lipinski definition) is 3. The van der Waals surface area contributed by atoms with Gasteiger partial charge in [-0.1, -0.05) is 0 Å². The van der Waals surface area contributed by atoms with Crippen molar-refractivity contribution in [2.75, 3.05) is 0 Å². The zero-order chi connectivity index (χ0) is 11.8. The van der Waals surface area contributed by atoms with E-state index in [1.807, 2.05) is 19.9 Å². The fourth-order valence-corrected chi connectivity index (χ4v) is 2.38. The van der Waals surface area contributed by atoms with Gasteiger partial charge in [-0.2, -0.15) is 0 Å². The summed E-state index contributed by atoms with van der Waals surface area (Å²) in [5.74, 6) is -0.988. The van der Waals surface area contributed by atoms with Gasteiger partial charge in [-0.25, -0.2) is 0 Å². The molecule has 0 aliphatic heterocycles. The Bertz CT molecular complexity index is 379. The van der Waals surface area contributed by atoms with Crippen molar-refractivity contribution in [2.24, 2.45) is 5.41 Å². The zero-order valence-corrected chi connectivity index (χ0v) is 10.2. The highest BCUT2D eigenvalue weighted by Gasteiger charge is 2.37. The molecular formula is C11H16O3S. The molecule has 1 unspecified atom stereocenters. The highest BCUT2D eigenvalue weighted by atomic mass is 32.1. The van der Waals surface area contributed by atoms with Crippen LogP contribution in [0.15, 0.2) is 6.07 Å². The molecule has 0 saturated heterocycles. The van der Waals surface area contributed by atoms with Crippen molar-refractivity contribution in [2.45, 2.75) is 33.8 Å². The molecule has 4 heteroatoms. The maximum atomic E-state index is 11.0. The average molecular weight is 228 g/mol. The van der Waals surface area contributed by atoms with Crippen molar-refractivity contribution in [3.8, 4) is 0 Å². The number of aliphatic hydroxyl groups excluding tert-OH is 1. The van der Waals surface area contributed by atoms with Crippen LogP contribution in [0, 0.1) is 19.3 Å². The van der Waals surface area contributed by atoms with Gasteiger partial charge in [0.05, 0.1) is 11.5 Å². The molecular weight excluding hydrogens is 212 g/mol. The molecule has 2 N–H and O–H groups in total. The lowest BCUT2D eigenvalue weighted by Crippen LogP contribution is -2.31. The zero-order valence-electron chi connectivity index (χ0n) is 9.37. The minimum absolute atomic E-state index is 0.727. The van der Waals surface area contributed by atoms with E-state index in [9.17, 15) is 9.90 Å². The SMILES string of the molecule is Cc1cc(C(O)C(C)(C)C(=O)O)c(C)s1. The first kappa shape index (κ1) is 12.2. The largest absolute Gasteiger partial charge is 0.481 e. The van der Waals surface area contributed by atoms with E-state index in [2.05, 4.69) is 0 Å². The van der Waals surface area contributed by atoms with Gasteiger partial charge in [0.1, 0.15) is 0 Å². The van der Waals surface area contributed by atoms with Crippen LogP contribution in [0.3, 0.4) is 0 Å². The molecule has 1 aromatic rings. The van der Waals surface area contributed by atoms with E-state index >= 15 is 0 Å². The van der Waals surface area contributed by atoms with Crippen LogP contribution in [0.25, 0.3) is 0 Å². The normalized spacial score (nSPS) is 13.9. The number of carbonyl (C=O) groups is 1. The second-order valence-electron chi connectivity index (χ2n) is 4.30. The van der Waals surface area contributed by atoms with Crippen molar-refractivity contribution in [1.29, 1.82) is 0 Å². The van der Waals surface area contributed by atoms with Gasteiger partial charge in [0.15, 0.2) is 0 Å². The fraction of sp³-hybridized carbons (Fsp3) is 0.545. The summed E-state index contributed by atoms with van der Waals surface area (Å²) >= 11 is 1.57. The fourth-order valence-electron chi connectivity index (χ4n) is 1.43. The van der Waals surface area contributed by atoms with Crippen LogP contribution < -0.4 is 0 Å². The predicted octanol–water partition coefficient (Wildman–Crippen LogP) is 2.51. The molecule has 0 fully saturated rings. The minimum Gasteiger partial charge on any atom is -0.481 e. The maximum absolute atomic E-state index is 11.0. The number of carboxylic acids is 1. The Kier molecular flexibility index (Phi) is 3.21. The number of aryl methyl sites for hydroxylation is 2. The van der Waals surface area contributed by atoms with E-state index in [0.717, 1.165) is 15.3 Å². The Balaban J connectivity index is 3.09. The molecule has 3 nitrogen and oxygen atoms in total. The molecule has 15 heavy (non-hydrogen) atoms. The number of rotatable bonds is 3. The van der Waals surface area contributed by atoms with E-state index in [-0.39, 0.29) is 0 Å². The molecule has 0 spiro atoms. The molecule has 0 saturated carbocycles. The molecule has 84 valence electrons. The minimum atomic E-state index is -1.15. The van der Waals surface area contributed by atoms with Crippen LogP contribution in [-0.2, 0) is 4.79 Å². The van der Waals surface area contributed by atoms with Crippen LogP contribution in [-0.4, -0.2) is 16.2 Å². The number of aliphatic hydroxyl groups is 1. The molecule has 0 aliphatic carbocycles. The molecule has 0 aromatic carbocycles. The van der Waals surface area contributed by atoms with E-state index in [0.29, 0.717) is 0 Å². The van der Waals surface area contributed by atoms with E-state index in [4.69, 9.17) is 5.11 Å². The molecule has 0 radical (unpaired) electrons. The van der Waals surface area contributed by atoms with Gasteiger partial charge in [0.2, 0.25) is 0 Å². The van der Waals surface area contributed by atoms with Gasteiger partial charge in [0, 0.05) is 9.75 Å². The molecule has 1 aromatic heterocycles. The van der Waals surface area contributed by atoms with Crippen LogP contribution in [0.2, 0.25) is 0 Å². The average Bonchev–Trinajstić information content (AvgIpc) is 2.43. The van der Waals surface area contributed by atoms with Crippen LogP contribution in [0.1, 0.15) is 35.3 Å². The summed E-state index contributed by atoms with van der Waals surface area (Å²) in [5.41, 5.74) is -0.428. The van der Waals surface area contributed by atoms with Crippen LogP contribution in [0.4, 0.5) is 0 Å². The molecule has 0 bridgehead atoms. The second kappa shape index (κ2) is 3.94. The molecule has 1 heterocycles. The van der Waals surface area contributed by atoms with Crippen LogP contribution >= 0.6 is 11.3 Å². The molecule has 1 atom stereocenters. The van der Waals surface area contributed by atoms with Crippen molar-refractivity contribution < 1.29 is 15.0 Å². The van der Waals surface area contributed by atoms with Gasteiger partial charge in [0.25, 0.3) is 0 Å². The first-order valence-corrected chi connectivity index (χ1v) is 5.57. The van der Waals surface area contributed by atoms with Gasteiger partial charge >= 0.3 is 5.97 Å². The Morgan fingerprint density at radius 1 is 1.47 bits per heavy atom. The van der Waals surface area contributed by atoms with Gasteiger partial charge in [-0.15, -0.1) is 11.3 Å². The predicted molar refractivity (Wildman–Crippen MR) is 60.2 cm³/mol. The van der Waals surface area contributed by atoms with Crippen molar-refractivity contribution >= 4 is 17.3 Å². The Labute approximate surface area is 93.4 Å². The summed E-state index contributed by atoms with van der Waals surface area (Å²) in [6.07, 6.45) is -0.958. The van der Waals surface area contributed by atoms with Crippen molar-refractivity contribution in [1.82, 2.24) is 0 Å². The Morgan fingerprint density at radius 2 is 2.00 bits per heavy atom. The molecule has 0 amide bonds. The van der Waals surface area contributed by atoms with Crippen molar-refractivity contribution in [3.63, 3.8) is 0 Å². The highest BCUT2D eigenvalue weighted by Crippen LogP contribution is 2.37. The number of thiophene rings is 1. The van der Waals surface area contributed by atoms with E-state index in [1.165, 1.54) is 13.8 Å². The van der Waals surface area contributed by atoms with Gasteiger partial charge in [-0.05, 0) is 39.3 Å². The number of carboxylic acid groups (broad SMARTS) is 1. The third kappa shape index (κ3) is 2.21. The lowest BCUT2D eigenvalue weighted by atomic mass is 9.83. The molecule has 0 aliphatic rings. The summed E-state index contributed by atoms with van der Waals surface area (Å²) < 4.78 is 0. The highest BCUT2D eigenvalue weighted by molar-refractivity contribution is 7.12. The smallest absolute Gasteiger partial charge is 0.312 e. The molecule has 1 rings (SSSR count). The summed E-state index contributed by atoms with van der Waals surface area (Å²) in [6.45, 7) is 6.91. The standard InChI is InChI=1S/C11H16O3S/c1-6-5-8(7(2)15-6)9(12)11(3,4)10(13)14/h5,9,12H,1-4H3,(H,13,14). The van der Waals surface area contributed by atoms with Crippen molar-refractivity contribution in [3.05, 3.63) is 21.4 Å². The topological polar surface area (TPSA) is 57.5 Å². The van der Waals surface area contributed by atoms with Gasteiger partial charge < -0.3 is 10.2 Å². The lowest BCUT2D eigenvalue weighted by molar-refractivity contribution is -0.153. The van der Waals surface area contributed by atoms with Crippen LogP contribution in [0.5, 0.6) is 0 Å². The third-order valence-electron chi connectivity index (χ3n) is 2.61. The third-order valence-corrected chi connectivity index (χ3v) is 3.59. The monoisotopic (exact) mass is 228 g/mol.